The molecule has 1 N–H and O–H groups in total. The number of hydrogen-bond donors (Lipinski definition) is 1. The number of nitrogens with zero attached hydrogens (tertiary/aromatic N) is 5. The van der Waals surface area contributed by atoms with Crippen LogP contribution < -0.4 is 21.5 Å². The van der Waals surface area contributed by atoms with Crippen LogP contribution in [-0.2, 0) is 20.1 Å². The number of nitrogens with one attached hydrogen (secondary N) is 1. The molecule has 0 aliphatic carbocycles. The number of rotatable bonds is 6. The highest BCUT2D eigenvalue weighted by Gasteiger charge is 2.33. The second kappa shape index (κ2) is 8.48. The quantitative estimate of drug-likeness (QED) is 0.444. The average Bonchev–Trinajstić information content (AvgIpc) is 3.52. The van der Waals surface area contributed by atoms with E-state index in [0.29, 0.717) is 35.1 Å². The van der Waals surface area contributed by atoms with E-state index < -0.39 is 11.2 Å². The van der Waals surface area contributed by atoms with Gasteiger partial charge in [0.25, 0.3) is 5.56 Å². The predicted molar refractivity (Wildman–Crippen MR) is 131 cm³/mol. The number of benzene rings is 1. The fourth-order valence-electron chi connectivity index (χ4n) is 4.69. The number of carbonyl (C=O) groups is 1. The highest BCUT2D eigenvalue weighted by atomic mass is 16.2. The van der Waals surface area contributed by atoms with Crippen LogP contribution in [0.4, 0.5) is 5.95 Å². The van der Waals surface area contributed by atoms with Gasteiger partial charge in [0.15, 0.2) is 16.9 Å². The molecule has 0 amide bonds. The standard InChI is InChI=1S/C25H28N6O3/c1-16(2)9-10-30-21-22(27-24(30)29-13-18-11-26-12-19(18)14-29)28(3)25(34)31(23(21)33)15-20(32)17-7-5-4-6-8-17/h4-9,11,19,26H,10,12-15H2,1-3H3. The van der Waals surface area contributed by atoms with Gasteiger partial charge in [-0.3, -0.25) is 18.7 Å². The second-order valence-electron chi connectivity index (χ2n) is 9.20. The fourth-order valence-corrected chi connectivity index (χ4v) is 4.69. The van der Waals surface area contributed by atoms with Crippen LogP contribution in [0, 0.1) is 5.92 Å². The number of carbonyl (C=O) groups excluding carboxylic acids is 1. The summed E-state index contributed by atoms with van der Waals surface area (Å²) in [5.74, 6) is 0.796. The number of imidazole rings is 1. The molecule has 1 aromatic carbocycles. The van der Waals surface area contributed by atoms with Gasteiger partial charge >= 0.3 is 5.69 Å². The van der Waals surface area contributed by atoms with Gasteiger partial charge < -0.3 is 14.8 Å². The molecule has 3 aromatic rings. The van der Waals surface area contributed by atoms with Crippen LogP contribution in [0.2, 0.25) is 0 Å². The first-order chi connectivity index (χ1) is 16.3. The van der Waals surface area contributed by atoms with Gasteiger partial charge in [-0.1, -0.05) is 42.0 Å². The molecule has 34 heavy (non-hydrogen) atoms. The van der Waals surface area contributed by atoms with Gasteiger partial charge in [0.2, 0.25) is 5.95 Å². The lowest BCUT2D eigenvalue weighted by atomic mass is 10.1. The van der Waals surface area contributed by atoms with E-state index in [4.69, 9.17) is 4.98 Å². The van der Waals surface area contributed by atoms with Crippen LogP contribution in [0.5, 0.6) is 0 Å². The third kappa shape index (κ3) is 3.67. The van der Waals surface area contributed by atoms with E-state index >= 15 is 0 Å². The molecule has 1 saturated heterocycles. The van der Waals surface area contributed by atoms with Crippen LogP contribution >= 0.6 is 0 Å². The Bertz CT molecular complexity index is 1450. The Morgan fingerprint density at radius 3 is 2.65 bits per heavy atom. The van der Waals surface area contributed by atoms with Gasteiger partial charge in [-0.25, -0.2) is 4.79 Å². The lowest BCUT2D eigenvalue weighted by Gasteiger charge is -2.19. The van der Waals surface area contributed by atoms with Crippen molar-refractivity contribution in [1.29, 1.82) is 0 Å². The zero-order valence-electron chi connectivity index (χ0n) is 19.6. The number of Topliss-reactive ketones (excluding diaryl/α,β-unsaturated/α-hetero) is 1. The van der Waals surface area contributed by atoms with E-state index in [2.05, 4.69) is 16.4 Å². The lowest BCUT2D eigenvalue weighted by molar-refractivity contribution is 0.0969. The molecule has 0 radical (unpaired) electrons. The molecule has 0 spiro atoms. The molecule has 0 saturated carbocycles. The van der Waals surface area contributed by atoms with Crippen molar-refractivity contribution in [2.75, 3.05) is 24.5 Å². The number of aryl methyl sites for hydroxylation is 1. The van der Waals surface area contributed by atoms with Crippen LogP contribution in [-0.4, -0.2) is 44.1 Å². The zero-order chi connectivity index (χ0) is 24.0. The van der Waals surface area contributed by atoms with Gasteiger partial charge in [-0.05, 0) is 25.6 Å². The van der Waals surface area contributed by atoms with Crippen molar-refractivity contribution in [3.63, 3.8) is 0 Å². The molecule has 1 fully saturated rings. The average molecular weight is 461 g/mol. The lowest BCUT2D eigenvalue weighted by Crippen LogP contribution is -2.41. The maximum atomic E-state index is 13.6. The smallest absolute Gasteiger partial charge is 0.332 e. The Balaban J connectivity index is 1.66. The molecule has 2 aliphatic heterocycles. The Morgan fingerprint density at radius 2 is 1.94 bits per heavy atom. The van der Waals surface area contributed by atoms with Crippen molar-refractivity contribution in [3.05, 3.63) is 80.2 Å². The number of ketones is 1. The van der Waals surface area contributed by atoms with E-state index in [1.54, 1.807) is 31.3 Å². The number of aromatic nitrogens is 4. The summed E-state index contributed by atoms with van der Waals surface area (Å²) in [5.41, 5.74) is 2.51. The summed E-state index contributed by atoms with van der Waals surface area (Å²) in [4.78, 5) is 46.5. The molecule has 176 valence electrons. The molecular formula is C25H28N6O3. The first kappa shape index (κ1) is 21.9. The summed E-state index contributed by atoms with van der Waals surface area (Å²) in [5, 5.41) is 3.29. The Labute approximate surface area is 196 Å². The normalized spacial score (nSPS) is 17.0. The molecule has 2 aromatic heterocycles. The molecular weight excluding hydrogens is 432 g/mol. The molecule has 4 heterocycles. The van der Waals surface area contributed by atoms with Gasteiger partial charge in [0.05, 0.1) is 6.54 Å². The summed E-state index contributed by atoms with van der Waals surface area (Å²) in [7, 11) is 1.60. The Hall–Kier alpha value is -3.88. The van der Waals surface area contributed by atoms with Crippen LogP contribution in [0.15, 0.2) is 63.3 Å². The molecule has 1 atom stereocenters. The number of fused-ring (bicyclic) bond motifs is 2. The largest absolute Gasteiger partial charge is 0.390 e. The van der Waals surface area contributed by atoms with Crippen molar-refractivity contribution in [2.24, 2.45) is 13.0 Å². The zero-order valence-corrected chi connectivity index (χ0v) is 19.6. The minimum Gasteiger partial charge on any atom is -0.390 e. The predicted octanol–water partition coefficient (Wildman–Crippen LogP) is 1.67. The van der Waals surface area contributed by atoms with Crippen molar-refractivity contribution in [3.8, 4) is 0 Å². The first-order valence-corrected chi connectivity index (χ1v) is 11.4. The first-order valence-electron chi connectivity index (χ1n) is 11.4. The van der Waals surface area contributed by atoms with Crippen LogP contribution in [0.3, 0.4) is 0 Å². The molecule has 5 rings (SSSR count). The fraction of sp³-hybridized carbons (Fsp3) is 0.360. The van der Waals surface area contributed by atoms with E-state index in [0.717, 1.165) is 29.8 Å². The monoisotopic (exact) mass is 460 g/mol. The van der Waals surface area contributed by atoms with E-state index in [1.165, 1.54) is 10.1 Å². The third-order valence-corrected chi connectivity index (χ3v) is 6.57. The van der Waals surface area contributed by atoms with Gasteiger partial charge in [-0.2, -0.15) is 4.98 Å². The van der Waals surface area contributed by atoms with Crippen molar-refractivity contribution >= 4 is 22.9 Å². The van der Waals surface area contributed by atoms with Crippen molar-refractivity contribution in [1.82, 2.24) is 24.0 Å². The minimum atomic E-state index is -0.551. The van der Waals surface area contributed by atoms with E-state index in [9.17, 15) is 14.4 Å². The molecule has 9 heteroatoms. The highest BCUT2D eigenvalue weighted by molar-refractivity contribution is 5.95. The summed E-state index contributed by atoms with van der Waals surface area (Å²) >= 11 is 0. The van der Waals surface area contributed by atoms with Gasteiger partial charge in [-0.15, -0.1) is 0 Å². The molecule has 0 bridgehead atoms. The maximum absolute atomic E-state index is 13.6. The van der Waals surface area contributed by atoms with Crippen LogP contribution in [0.25, 0.3) is 11.2 Å². The summed E-state index contributed by atoms with van der Waals surface area (Å²) in [6.07, 6.45) is 4.10. The summed E-state index contributed by atoms with van der Waals surface area (Å²) < 4.78 is 4.27. The van der Waals surface area contributed by atoms with Gasteiger partial charge in [0, 0.05) is 44.7 Å². The number of hydrogen-bond acceptors (Lipinski definition) is 6. The number of allylic oxidation sites excluding steroid dienone is 2. The Kier molecular flexibility index (Phi) is 5.47. The molecule has 1 unspecified atom stereocenters. The molecule has 2 aliphatic rings. The van der Waals surface area contributed by atoms with Gasteiger partial charge in [0.1, 0.15) is 0 Å². The SMILES string of the molecule is CC(C)=CCn1c(N2CC3=CNCC3C2)nc2c1c(=O)n(CC(=O)c1ccccc1)c(=O)n2C. The highest BCUT2D eigenvalue weighted by Crippen LogP contribution is 2.30. The van der Waals surface area contributed by atoms with E-state index in [1.807, 2.05) is 30.6 Å². The molecule has 9 nitrogen and oxygen atoms in total. The van der Waals surface area contributed by atoms with Crippen molar-refractivity contribution < 1.29 is 4.79 Å². The maximum Gasteiger partial charge on any atom is 0.332 e. The summed E-state index contributed by atoms with van der Waals surface area (Å²) in [6, 6.07) is 8.70. The van der Waals surface area contributed by atoms with E-state index in [-0.39, 0.29) is 12.3 Å². The van der Waals surface area contributed by atoms with Crippen LogP contribution in [0.1, 0.15) is 24.2 Å². The minimum absolute atomic E-state index is 0.290. The van der Waals surface area contributed by atoms with Crippen molar-refractivity contribution in [2.45, 2.75) is 26.9 Å². The number of anilines is 1. The third-order valence-electron chi connectivity index (χ3n) is 6.57. The topological polar surface area (TPSA) is 94.2 Å². The summed E-state index contributed by atoms with van der Waals surface area (Å²) in [6.45, 7) is 6.55. The Morgan fingerprint density at radius 1 is 1.18 bits per heavy atom. The second-order valence-corrected chi connectivity index (χ2v) is 9.20.